The van der Waals surface area contributed by atoms with Crippen LogP contribution in [-0.4, -0.2) is 51.7 Å². The Morgan fingerprint density at radius 2 is 1.59 bits per heavy atom. The fourth-order valence-electron chi connectivity index (χ4n) is 5.61. The van der Waals surface area contributed by atoms with E-state index in [1.807, 2.05) is 110 Å². The van der Waals surface area contributed by atoms with Gasteiger partial charge in [0.05, 0.1) is 17.3 Å². The highest BCUT2D eigenvalue weighted by atomic mass is 32.2. The molecule has 3 unspecified atom stereocenters. The molecule has 8 heteroatoms. The number of esters is 1. The van der Waals surface area contributed by atoms with Crippen LogP contribution in [-0.2, 0) is 13.6 Å². The molecule has 3 atom stereocenters. The van der Waals surface area contributed by atoms with Crippen LogP contribution < -0.4 is 0 Å². The molecule has 2 aliphatic rings. The van der Waals surface area contributed by atoms with Gasteiger partial charge in [-0.2, -0.15) is 0 Å². The zero-order valence-electron chi connectivity index (χ0n) is 23.9. The highest BCUT2D eigenvalue weighted by Gasteiger charge is 2.52. The second-order valence-electron chi connectivity index (χ2n) is 11.5. The van der Waals surface area contributed by atoms with Crippen LogP contribution >= 0.6 is 23.5 Å². The minimum atomic E-state index is -0.630. The van der Waals surface area contributed by atoms with Crippen molar-refractivity contribution in [2.75, 3.05) is 18.1 Å². The van der Waals surface area contributed by atoms with Crippen molar-refractivity contribution in [1.29, 1.82) is 0 Å². The van der Waals surface area contributed by atoms with Crippen LogP contribution in [0, 0.1) is 5.92 Å². The number of carbonyl (C=O) groups is 2. The Hall–Kier alpha value is -2.97. The summed E-state index contributed by atoms with van der Waals surface area (Å²) in [7, 11) is 0. The number of pyridine rings is 1. The lowest BCUT2D eigenvalue weighted by atomic mass is 9.84. The monoisotopic (exact) mass is 590 g/mol. The van der Waals surface area contributed by atoms with Gasteiger partial charge in [-0.3, -0.25) is 4.98 Å². The summed E-state index contributed by atoms with van der Waals surface area (Å²) in [6.07, 6.45) is 3.56. The molecule has 2 fully saturated rings. The smallest absolute Gasteiger partial charge is 0.410 e. The quantitative estimate of drug-likeness (QED) is 0.272. The van der Waals surface area contributed by atoms with Gasteiger partial charge in [0.2, 0.25) is 0 Å². The van der Waals surface area contributed by atoms with Crippen molar-refractivity contribution in [3.05, 3.63) is 102 Å². The number of piperidine rings is 1. The lowest BCUT2D eigenvalue weighted by molar-refractivity contribution is -0.0282. The third-order valence-corrected chi connectivity index (χ3v) is 10.9. The number of ether oxygens (including phenoxy) is 2. The first-order chi connectivity index (χ1) is 19.8. The van der Waals surface area contributed by atoms with E-state index < -0.39 is 15.8 Å². The van der Waals surface area contributed by atoms with Crippen molar-refractivity contribution in [3.8, 4) is 0 Å². The minimum Gasteiger partial charge on any atom is -0.456 e. The fraction of sp³-hybridized carbons (Fsp3) is 0.424. The van der Waals surface area contributed by atoms with Crippen molar-refractivity contribution >= 4 is 35.6 Å². The second-order valence-corrected chi connectivity index (χ2v) is 14.5. The predicted octanol–water partition coefficient (Wildman–Crippen LogP) is 7.72. The van der Waals surface area contributed by atoms with Gasteiger partial charge in [0.25, 0.3) is 0 Å². The Balaban J connectivity index is 1.54. The predicted molar refractivity (Wildman–Crippen MR) is 166 cm³/mol. The van der Waals surface area contributed by atoms with Gasteiger partial charge in [-0.25, -0.2) is 9.59 Å². The maximum atomic E-state index is 13.7. The van der Waals surface area contributed by atoms with Gasteiger partial charge in [-0.05, 0) is 81.4 Å². The molecule has 0 saturated carbocycles. The average Bonchev–Trinajstić information content (AvgIpc) is 3.00. The zero-order chi connectivity index (χ0) is 28.9. The fourth-order valence-corrected chi connectivity index (χ4v) is 9.15. The standard InChI is InChI=1S/C33H38N2O4S2/c1-32(2,3)39-31(37)35-23-26(18-19-27(35)24-13-6-4-7-14-24)29(38-30(36)25-15-8-5-9-16-25)33(40-21-12-22-41-33)28-17-10-11-20-34-28/h4-11,13-17,20,26-27,29H,12,18-19,21-23H2,1-3H3. The number of carbonyl (C=O) groups excluding carboxylic acids is 2. The number of likely N-dealkylation sites (tertiary alicyclic amines) is 1. The minimum absolute atomic E-state index is 0.116. The third-order valence-electron chi connectivity index (χ3n) is 7.42. The topological polar surface area (TPSA) is 68.7 Å². The zero-order valence-corrected chi connectivity index (χ0v) is 25.5. The van der Waals surface area contributed by atoms with Gasteiger partial charge < -0.3 is 14.4 Å². The van der Waals surface area contributed by atoms with Crippen LogP contribution in [0.1, 0.15) is 67.7 Å². The molecule has 2 aromatic carbocycles. The molecule has 0 bridgehead atoms. The molecule has 1 aromatic heterocycles. The van der Waals surface area contributed by atoms with Crippen molar-refractivity contribution < 1.29 is 19.1 Å². The number of amides is 1. The summed E-state index contributed by atoms with van der Waals surface area (Å²) >= 11 is 3.62. The number of nitrogens with zero attached hydrogens (tertiary/aromatic N) is 2. The normalized spacial score (nSPS) is 21.5. The highest BCUT2D eigenvalue weighted by Crippen LogP contribution is 2.56. The molecule has 0 aliphatic carbocycles. The van der Waals surface area contributed by atoms with E-state index >= 15 is 0 Å². The van der Waals surface area contributed by atoms with Gasteiger partial charge in [-0.1, -0.05) is 54.6 Å². The number of rotatable bonds is 6. The van der Waals surface area contributed by atoms with Gasteiger partial charge in [0.1, 0.15) is 15.8 Å². The van der Waals surface area contributed by atoms with E-state index in [-0.39, 0.29) is 24.0 Å². The molecular formula is C33H38N2O4S2. The molecule has 1 amide bonds. The molecular weight excluding hydrogens is 553 g/mol. The number of thioether (sulfide) groups is 2. The van der Waals surface area contributed by atoms with E-state index in [0.29, 0.717) is 12.1 Å². The number of aromatic nitrogens is 1. The van der Waals surface area contributed by atoms with Gasteiger partial charge in [0, 0.05) is 18.7 Å². The lowest BCUT2D eigenvalue weighted by Crippen LogP contribution is -2.52. The summed E-state index contributed by atoms with van der Waals surface area (Å²) in [4.78, 5) is 34.0. The number of benzene rings is 2. The van der Waals surface area contributed by atoms with Crippen LogP contribution in [0.5, 0.6) is 0 Å². The Labute approximate surface area is 251 Å². The number of hydrogen-bond acceptors (Lipinski definition) is 7. The van der Waals surface area contributed by atoms with Crippen molar-refractivity contribution in [2.24, 2.45) is 5.92 Å². The lowest BCUT2D eigenvalue weighted by Gasteiger charge is -2.48. The van der Waals surface area contributed by atoms with E-state index in [1.165, 1.54) is 0 Å². The first-order valence-corrected chi connectivity index (χ1v) is 16.2. The van der Waals surface area contributed by atoms with Crippen molar-refractivity contribution in [2.45, 2.75) is 61.9 Å². The Morgan fingerprint density at radius 1 is 0.927 bits per heavy atom. The van der Waals surface area contributed by atoms with Gasteiger partial charge in [0.15, 0.2) is 0 Å². The van der Waals surface area contributed by atoms with Crippen LogP contribution in [0.15, 0.2) is 85.1 Å². The van der Waals surface area contributed by atoms with E-state index in [4.69, 9.17) is 14.5 Å². The van der Waals surface area contributed by atoms with E-state index in [0.717, 1.165) is 42.0 Å². The van der Waals surface area contributed by atoms with Crippen molar-refractivity contribution in [3.63, 3.8) is 0 Å². The molecule has 3 heterocycles. The van der Waals surface area contributed by atoms with Crippen LogP contribution in [0.2, 0.25) is 0 Å². The molecule has 5 rings (SSSR count). The molecule has 2 aliphatic heterocycles. The highest BCUT2D eigenvalue weighted by molar-refractivity contribution is 8.18. The van der Waals surface area contributed by atoms with Crippen molar-refractivity contribution in [1.82, 2.24) is 9.88 Å². The Kier molecular flexibility index (Phi) is 9.29. The molecule has 41 heavy (non-hydrogen) atoms. The maximum Gasteiger partial charge on any atom is 0.410 e. The van der Waals surface area contributed by atoms with Gasteiger partial charge >= 0.3 is 12.1 Å². The molecule has 2 saturated heterocycles. The third kappa shape index (κ3) is 6.92. The Bertz CT molecular complexity index is 1300. The second kappa shape index (κ2) is 12.9. The first kappa shape index (κ1) is 29.5. The molecule has 216 valence electrons. The number of hydrogen-bond donors (Lipinski definition) is 0. The molecule has 0 radical (unpaired) electrons. The molecule has 0 spiro atoms. The summed E-state index contributed by atoms with van der Waals surface area (Å²) in [5.41, 5.74) is 1.86. The van der Waals surface area contributed by atoms with Crippen LogP contribution in [0.25, 0.3) is 0 Å². The molecule has 6 nitrogen and oxygen atoms in total. The SMILES string of the molecule is CC(C)(C)OC(=O)N1CC(C(OC(=O)c2ccccc2)C2(c3ccccn3)SCCCS2)CCC1c1ccccc1. The molecule has 3 aromatic rings. The Morgan fingerprint density at radius 3 is 2.22 bits per heavy atom. The summed E-state index contributed by atoms with van der Waals surface area (Å²) in [6.45, 7) is 6.08. The summed E-state index contributed by atoms with van der Waals surface area (Å²) in [5, 5.41) is 0. The van der Waals surface area contributed by atoms with E-state index in [1.54, 1.807) is 12.1 Å². The summed E-state index contributed by atoms with van der Waals surface area (Å²) in [6, 6.07) is 25.1. The van der Waals surface area contributed by atoms with E-state index in [9.17, 15) is 9.59 Å². The van der Waals surface area contributed by atoms with Crippen LogP contribution in [0.4, 0.5) is 4.79 Å². The summed E-state index contributed by atoms with van der Waals surface area (Å²) in [5.74, 6) is 1.41. The van der Waals surface area contributed by atoms with E-state index in [2.05, 4.69) is 12.1 Å². The largest absolute Gasteiger partial charge is 0.456 e. The van der Waals surface area contributed by atoms with Crippen LogP contribution in [0.3, 0.4) is 0 Å². The average molecular weight is 591 g/mol. The molecule has 0 N–H and O–H groups in total. The summed E-state index contributed by atoms with van der Waals surface area (Å²) < 4.78 is 11.9. The maximum absolute atomic E-state index is 13.7. The first-order valence-electron chi connectivity index (χ1n) is 14.3. The van der Waals surface area contributed by atoms with Gasteiger partial charge in [-0.15, -0.1) is 23.5 Å².